The first-order valence-electron chi connectivity index (χ1n) is 3.97. The average Bonchev–Trinajstić information content (AvgIpc) is 2.12. The van der Waals surface area contributed by atoms with E-state index < -0.39 is 17.1 Å². The lowest BCUT2D eigenvalue weighted by atomic mass is 9.93. The topological polar surface area (TPSA) is 66.5 Å². The van der Waals surface area contributed by atoms with Crippen LogP contribution >= 0.6 is 15.9 Å². The van der Waals surface area contributed by atoms with Gasteiger partial charge in [0.05, 0.1) is 12.1 Å². The van der Waals surface area contributed by atoms with Crippen molar-refractivity contribution in [2.24, 2.45) is 5.73 Å². The van der Waals surface area contributed by atoms with Crippen LogP contribution in [0.4, 0.5) is 4.39 Å². The Bertz CT molecular complexity index is 355. The van der Waals surface area contributed by atoms with Crippen LogP contribution in [0.25, 0.3) is 0 Å². The average molecular weight is 264 g/mol. The maximum Gasteiger partial charge on any atom is 0.165 e. The lowest BCUT2D eigenvalue weighted by molar-refractivity contribution is 0.205. The standard InChI is InChI=1S/C9H11BrFNO2/c1-9(12,4-13)7-5(10)2-3-6(11)8(7)14/h2-3,13-14H,4,12H2,1H3/t9-/m1/s1. The van der Waals surface area contributed by atoms with Crippen molar-refractivity contribution in [3.8, 4) is 5.75 Å². The van der Waals surface area contributed by atoms with Gasteiger partial charge in [-0.25, -0.2) is 4.39 Å². The van der Waals surface area contributed by atoms with Crippen LogP contribution < -0.4 is 5.73 Å². The van der Waals surface area contributed by atoms with Crippen molar-refractivity contribution in [3.63, 3.8) is 0 Å². The molecule has 1 atom stereocenters. The molecule has 5 heteroatoms. The van der Waals surface area contributed by atoms with Gasteiger partial charge in [-0.3, -0.25) is 0 Å². The first-order chi connectivity index (χ1) is 6.40. The molecule has 0 fully saturated rings. The number of phenols is 1. The fraction of sp³-hybridized carbons (Fsp3) is 0.333. The van der Waals surface area contributed by atoms with Gasteiger partial charge in [0.25, 0.3) is 0 Å². The maximum atomic E-state index is 13.0. The van der Waals surface area contributed by atoms with Gasteiger partial charge in [-0.15, -0.1) is 0 Å². The van der Waals surface area contributed by atoms with E-state index in [-0.39, 0.29) is 12.2 Å². The van der Waals surface area contributed by atoms with E-state index in [4.69, 9.17) is 10.8 Å². The zero-order chi connectivity index (χ0) is 10.9. The lowest BCUT2D eigenvalue weighted by Gasteiger charge is -2.24. The predicted molar refractivity (Wildman–Crippen MR) is 54.4 cm³/mol. The number of benzene rings is 1. The van der Waals surface area contributed by atoms with E-state index in [1.54, 1.807) is 0 Å². The molecule has 4 N–H and O–H groups in total. The van der Waals surface area contributed by atoms with E-state index in [1.165, 1.54) is 13.0 Å². The SMILES string of the molecule is C[C@@](N)(CO)c1c(Br)ccc(F)c1O. The smallest absolute Gasteiger partial charge is 0.165 e. The number of nitrogens with two attached hydrogens (primary N) is 1. The lowest BCUT2D eigenvalue weighted by Crippen LogP contribution is -2.37. The highest BCUT2D eigenvalue weighted by Gasteiger charge is 2.27. The highest BCUT2D eigenvalue weighted by molar-refractivity contribution is 9.10. The number of halogens is 2. The second-order valence-corrected chi connectivity index (χ2v) is 4.18. The highest BCUT2D eigenvalue weighted by atomic mass is 79.9. The van der Waals surface area contributed by atoms with Crippen LogP contribution in [-0.4, -0.2) is 16.8 Å². The van der Waals surface area contributed by atoms with Crippen LogP contribution in [0.15, 0.2) is 16.6 Å². The summed E-state index contributed by atoms with van der Waals surface area (Å²) in [5, 5.41) is 18.5. The van der Waals surface area contributed by atoms with E-state index in [2.05, 4.69) is 15.9 Å². The molecular formula is C9H11BrFNO2. The minimum Gasteiger partial charge on any atom is -0.505 e. The van der Waals surface area contributed by atoms with E-state index in [9.17, 15) is 9.50 Å². The summed E-state index contributed by atoms with van der Waals surface area (Å²) in [6.45, 7) is 1.12. The monoisotopic (exact) mass is 263 g/mol. The molecule has 0 spiro atoms. The largest absolute Gasteiger partial charge is 0.505 e. The number of hydrogen-bond donors (Lipinski definition) is 3. The molecular weight excluding hydrogens is 253 g/mol. The molecule has 0 aliphatic heterocycles. The van der Waals surface area contributed by atoms with E-state index in [0.717, 1.165) is 6.07 Å². The number of rotatable bonds is 2. The van der Waals surface area contributed by atoms with Crippen molar-refractivity contribution in [3.05, 3.63) is 28.0 Å². The minimum atomic E-state index is -1.18. The van der Waals surface area contributed by atoms with Gasteiger partial charge in [0.2, 0.25) is 0 Å². The third-order valence-corrected chi connectivity index (χ3v) is 2.64. The molecule has 0 unspecified atom stereocenters. The minimum absolute atomic E-state index is 0.167. The Balaban J connectivity index is 3.40. The Hall–Kier alpha value is -0.650. The van der Waals surface area contributed by atoms with E-state index in [1.807, 2.05) is 0 Å². The fourth-order valence-corrected chi connectivity index (χ4v) is 1.94. The number of hydrogen-bond acceptors (Lipinski definition) is 3. The fourth-order valence-electron chi connectivity index (χ4n) is 1.16. The zero-order valence-corrected chi connectivity index (χ0v) is 9.18. The van der Waals surface area contributed by atoms with E-state index in [0.29, 0.717) is 4.47 Å². The summed E-state index contributed by atoms with van der Waals surface area (Å²) in [5.74, 6) is -1.29. The van der Waals surface area contributed by atoms with Gasteiger partial charge in [-0.05, 0) is 19.1 Å². The molecule has 0 amide bonds. The molecule has 0 bridgehead atoms. The van der Waals surface area contributed by atoms with Gasteiger partial charge in [-0.2, -0.15) is 0 Å². The van der Waals surface area contributed by atoms with Gasteiger partial charge in [0, 0.05) is 10.0 Å². The van der Waals surface area contributed by atoms with Crippen molar-refractivity contribution in [2.75, 3.05) is 6.61 Å². The molecule has 1 rings (SSSR count). The summed E-state index contributed by atoms with van der Waals surface area (Å²) in [6, 6.07) is 2.56. The van der Waals surface area contributed by atoms with Crippen molar-refractivity contribution in [1.29, 1.82) is 0 Å². The Labute approximate surface area is 89.5 Å². The van der Waals surface area contributed by atoms with Gasteiger partial charge in [0.1, 0.15) is 0 Å². The predicted octanol–water partition coefficient (Wildman–Crippen LogP) is 1.46. The Morgan fingerprint density at radius 1 is 1.57 bits per heavy atom. The summed E-state index contributed by atoms with van der Waals surface area (Å²) in [6.07, 6.45) is 0. The molecule has 0 heterocycles. The molecule has 0 aromatic heterocycles. The van der Waals surface area contributed by atoms with Crippen LogP contribution in [0.5, 0.6) is 5.75 Å². The first kappa shape index (κ1) is 11.4. The van der Waals surface area contributed by atoms with Gasteiger partial charge in [0.15, 0.2) is 11.6 Å². The molecule has 78 valence electrons. The summed E-state index contributed by atoms with van der Waals surface area (Å²) < 4.78 is 13.5. The highest BCUT2D eigenvalue weighted by Crippen LogP contribution is 2.35. The number of aliphatic hydroxyl groups is 1. The zero-order valence-electron chi connectivity index (χ0n) is 7.59. The maximum absolute atomic E-state index is 13.0. The molecule has 1 aromatic carbocycles. The molecule has 1 aromatic rings. The molecule has 0 aliphatic rings. The number of aromatic hydroxyl groups is 1. The second kappa shape index (κ2) is 3.84. The summed E-state index contributed by atoms with van der Waals surface area (Å²) in [7, 11) is 0. The molecule has 3 nitrogen and oxygen atoms in total. The molecule has 0 aliphatic carbocycles. The third kappa shape index (κ3) is 1.89. The normalized spacial score (nSPS) is 15.2. The van der Waals surface area contributed by atoms with Crippen molar-refractivity contribution < 1.29 is 14.6 Å². The molecule has 0 saturated heterocycles. The van der Waals surface area contributed by atoms with Crippen LogP contribution in [0.3, 0.4) is 0 Å². The quantitative estimate of drug-likeness (QED) is 0.757. The Kier molecular flexibility index (Phi) is 3.14. The van der Waals surface area contributed by atoms with Gasteiger partial charge in [-0.1, -0.05) is 15.9 Å². The van der Waals surface area contributed by atoms with Crippen LogP contribution in [0, 0.1) is 5.82 Å². The Morgan fingerprint density at radius 3 is 2.64 bits per heavy atom. The Morgan fingerprint density at radius 2 is 2.14 bits per heavy atom. The molecule has 14 heavy (non-hydrogen) atoms. The summed E-state index contributed by atoms with van der Waals surface area (Å²) >= 11 is 3.14. The van der Waals surface area contributed by atoms with Gasteiger partial charge < -0.3 is 15.9 Å². The molecule has 0 saturated carbocycles. The van der Waals surface area contributed by atoms with Crippen molar-refractivity contribution >= 4 is 15.9 Å². The summed E-state index contributed by atoms with van der Waals surface area (Å²) in [5.41, 5.74) is 4.69. The van der Waals surface area contributed by atoms with Crippen LogP contribution in [0.1, 0.15) is 12.5 Å². The third-order valence-electron chi connectivity index (χ3n) is 1.98. The molecule has 0 radical (unpaired) electrons. The van der Waals surface area contributed by atoms with Crippen LogP contribution in [-0.2, 0) is 5.54 Å². The second-order valence-electron chi connectivity index (χ2n) is 3.33. The van der Waals surface area contributed by atoms with Crippen molar-refractivity contribution in [2.45, 2.75) is 12.5 Å². The first-order valence-corrected chi connectivity index (χ1v) is 4.76. The summed E-state index contributed by atoms with van der Waals surface area (Å²) in [4.78, 5) is 0. The van der Waals surface area contributed by atoms with E-state index >= 15 is 0 Å². The number of aliphatic hydroxyl groups excluding tert-OH is 1. The number of phenolic OH excluding ortho intramolecular Hbond substituents is 1. The van der Waals surface area contributed by atoms with Gasteiger partial charge >= 0.3 is 0 Å². The van der Waals surface area contributed by atoms with Crippen molar-refractivity contribution in [1.82, 2.24) is 0 Å². The van der Waals surface area contributed by atoms with Crippen LogP contribution in [0.2, 0.25) is 0 Å².